The minimum absolute atomic E-state index is 0.0163. The van der Waals surface area contributed by atoms with Crippen LogP contribution in [0, 0.1) is 17.8 Å². The van der Waals surface area contributed by atoms with Crippen LogP contribution >= 0.6 is 0 Å². The highest BCUT2D eigenvalue weighted by atomic mass is 16.6. The van der Waals surface area contributed by atoms with Gasteiger partial charge in [-0.2, -0.15) is 0 Å². The number of piperidine rings is 1. The normalized spacial score (nSPS) is 32.1. The number of ether oxygens (including phenoxy) is 1. The molecule has 3 heteroatoms. The van der Waals surface area contributed by atoms with E-state index in [4.69, 9.17) is 4.74 Å². The largest absolute Gasteiger partial charge is 0.454 e. The Morgan fingerprint density at radius 1 is 1.09 bits per heavy atom. The molecule has 1 aromatic rings. The average Bonchev–Trinajstić information content (AvgIpc) is 3.20. The maximum Gasteiger partial charge on any atom is 0.310 e. The van der Waals surface area contributed by atoms with E-state index in [0.717, 1.165) is 44.3 Å². The molecule has 1 N–H and O–H groups in total. The Balaban J connectivity index is 1.56. The molecule has 0 aromatic heterocycles. The SMILES string of the molecule is O=C(OC1(c2ccccc2)CCNCC1)C1CC2C=CC1C2. The Labute approximate surface area is 131 Å². The first-order chi connectivity index (χ1) is 10.8. The number of hydrogen-bond donors (Lipinski definition) is 1. The van der Waals surface area contributed by atoms with Gasteiger partial charge in [0.25, 0.3) is 0 Å². The van der Waals surface area contributed by atoms with Crippen molar-refractivity contribution in [3.63, 3.8) is 0 Å². The van der Waals surface area contributed by atoms with E-state index in [2.05, 4.69) is 29.6 Å². The standard InChI is InChI=1S/C19H23NO2/c21-18(17-13-14-6-7-15(17)12-14)22-19(8-10-20-11-9-19)16-4-2-1-3-5-16/h1-7,14-15,17,20H,8-13H2. The Morgan fingerprint density at radius 2 is 1.86 bits per heavy atom. The van der Waals surface area contributed by atoms with E-state index in [-0.39, 0.29) is 11.9 Å². The molecule has 0 radical (unpaired) electrons. The Kier molecular flexibility index (Phi) is 3.53. The summed E-state index contributed by atoms with van der Waals surface area (Å²) in [6.45, 7) is 1.80. The number of carbonyl (C=O) groups excluding carboxylic acids is 1. The molecule has 4 rings (SSSR count). The van der Waals surface area contributed by atoms with Crippen molar-refractivity contribution < 1.29 is 9.53 Å². The number of hydrogen-bond acceptors (Lipinski definition) is 3. The predicted molar refractivity (Wildman–Crippen MR) is 85.2 cm³/mol. The Bertz CT molecular complexity index is 574. The first-order valence-corrected chi connectivity index (χ1v) is 8.44. The van der Waals surface area contributed by atoms with Gasteiger partial charge in [0, 0.05) is 12.8 Å². The molecular weight excluding hydrogens is 274 g/mol. The molecule has 0 amide bonds. The van der Waals surface area contributed by atoms with Crippen molar-refractivity contribution in [1.82, 2.24) is 5.32 Å². The fourth-order valence-electron chi connectivity index (χ4n) is 4.34. The van der Waals surface area contributed by atoms with E-state index in [0.29, 0.717) is 11.8 Å². The fourth-order valence-corrected chi connectivity index (χ4v) is 4.34. The number of nitrogens with one attached hydrogen (secondary N) is 1. The summed E-state index contributed by atoms with van der Waals surface area (Å²) >= 11 is 0. The number of benzene rings is 1. The summed E-state index contributed by atoms with van der Waals surface area (Å²) < 4.78 is 6.19. The first-order valence-electron chi connectivity index (χ1n) is 8.44. The molecule has 1 saturated carbocycles. The van der Waals surface area contributed by atoms with Crippen molar-refractivity contribution in [3.05, 3.63) is 48.0 Å². The van der Waals surface area contributed by atoms with Crippen molar-refractivity contribution in [1.29, 1.82) is 0 Å². The van der Waals surface area contributed by atoms with E-state index in [1.165, 1.54) is 0 Å². The molecule has 3 nitrogen and oxygen atoms in total. The Hall–Kier alpha value is -1.61. The van der Waals surface area contributed by atoms with E-state index in [1.54, 1.807) is 0 Å². The van der Waals surface area contributed by atoms with Crippen molar-refractivity contribution >= 4 is 5.97 Å². The minimum atomic E-state index is -0.435. The molecule has 1 aliphatic heterocycles. The highest BCUT2D eigenvalue weighted by Gasteiger charge is 2.45. The van der Waals surface area contributed by atoms with Gasteiger partial charge in [-0.1, -0.05) is 42.5 Å². The van der Waals surface area contributed by atoms with Crippen LogP contribution in [-0.4, -0.2) is 19.1 Å². The van der Waals surface area contributed by atoms with Crippen molar-refractivity contribution in [2.24, 2.45) is 17.8 Å². The van der Waals surface area contributed by atoms with Crippen molar-refractivity contribution in [2.45, 2.75) is 31.3 Å². The second kappa shape index (κ2) is 5.54. The van der Waals surface area contributed by atoms with E-state index < -0.39 is 5.60 Å². The number of esters is 1. The summed E-state index contributed by atoms with van der Waals surface area (Å²) in [5.41, 5.74) is 0.707. The zero-order valence-electron chi connectivity index (χ0n) is 12.8. The lowest BCUT2D eigenvalue weighted by Gasteiger charge is -2.38. The topological polar surface area (TPSA) is 38.3 Å². The molecular formula is C19H23NO2. The van der Waals surface area contributed by atoms with Gasteiger partial charge in [0.2, 0.25) is 0 Å². The number of carbonyl (C=O) groups is 1. The lowest BCUT2D eigenvalue weighted by atomic mass is 9.84. The van der Waals surface area contributed by atoms with Crippen LogP contribution in [0.15, 0.2) is 42.5 Å². The zero-order chi connectivity index (χ0) is 15.0. The maximum atomic E-state index is 12.8. The van der Waals surface area contributed by atoms with Gasteiger partial charge in [-0.25, -0.2) is 0 Å². The molecule has 3 atom stereocenters. The smallest absolute Gasteiger partial charge is 0.310 e. The average molecular weight is 297 g/mol. The molecule has 116 valence electrons. The molecule has 2 aliphatic carbocycles. The second-order valence-electron chi connectivity index (χ2n) is 6.92. The lowest BCUT2D eigenvalue weighted by Crippen LogP contribution is -2.44. The van der Waals surface area contributed by atoms with Gasteiger partial charge in [-0.3, -0.25) is 4.79 Å². The van der Waals surface area contributed by atoms with Gasteiger partial charge in [-0.15, -0.1) is 0 Å². The van der Waals surface area contributed by atoms with Gasteiger partial charge < -0.3 is 10.1 Å². The van der Waals surface area contributed by atoms with Crippen LogP contribution in [0.2, 0.25) is 0 Å². The molecule has 2 bridgehead atoms. The van der Waals surface area contributed by atoms with Gasteiger partial charge >= 0.3 is 5.97 Å². The van der Waals surface area contributed by atoms with Crippen LogP contribution in [-0.2, 0) is 15.1 Å². The van der Waals surface area contributed by atoms with Crippen LogP contribution in [0.3, 0.4) is 0 Å². The first kappa shape index (κ1) is 14.0. The van der Waals surface area contributed by atoms with E-state index in [9.17, 15) is 4.79 Å². The third-order valence-electron chi connectivity index (χ3n) is 5.59. The summed E-state index contributed by atoms with van der Waals surface area (Å²) in [5.74, 6) is 1.10. The van der Waals surface area contributed by atoms with Crippen LogP contribution in [0.25, 0.3) is 0 Å². The Morgan fingerprint density at radius 3 is 2.50 bits per heavy atom. The molecule has 1 aromatic carbocycles. The van der Waals surface area contributed by atoms with Crippen LogP contribution in [0.5, 0.6) is 0 Å². The quantitative estimate of drug-likeness (QED) is 0.688. The summed E-state index contributed by atoms with van der Waals surface area (Å²) in [7, 11) is 0. The molecule has 1 heterocycles. The summed E-state index contributed by atoms with van der Waals surface area (Å²) in [6, 6.07) is 10.3. The fraction of sp³-hybridized carbons (Fsp3) is 0.526. The third kappa shape index (κ3) is 2.38. The van der Waals surface area contributed by atoms with E-state index >= 15 is 0 Å². The number of rotatable bonds is 3. The summed E-state index contributed by atoms with van der Waals surface area (Å²) in [5, 5.41) is 3.38. The minimum Gasteiger partial charge on any atom is -0.454 e. The molecule has 22 heavy (non-hydrogen) atoms. The number of allylic oxidation sites excluding steroid dienone is 2. The molecule has 1 saturated heterocycles. The second-order valence-corrected chi connectivity index (χ2v) is 6.92. The maximum absolute atomic E-state index is 12.8. The van der Waals surface area contributed by atoms with Gasteiger partial charge in [0.1, 0.15) is 5.60 Å². The zero-order valence-corrected chi connectivity index (χ0v) is 12.8. The predicted octanol–water partition coefficient (Wildman–Crippen LogP) is 3.02. The van der Waals surface area contributed by atoms with E-state index in [1.807, 2.05) is 18.2 Å². The van der Waals surface area contributed by atoms with Gasteiger partial charge in [-0.05, 0) is 43.3 Å². The van der Waals surface area contributed by atoms with Crippen LogP contribution in [0.1, 0.15) is 31.2 Å². The lowest BCUT2D eigenvalue weighted by molar-refractivity contribution is -0.170. The molecule has 0 spiro atoms. The van der Waals surface area contributed by atoms with Crippen LogP contribution < -0.4 is 5.32 Å². The van der Waals surface area contributed by atoms with Gasteiger partial charge in [0.15, 0.2) is 0 Å². The van der Waals surface area contributed by atoms with Crippen LogP contribution in [0.4, 0.5) is 0 Å². The molecule has 2 fully saturated rings. The van der Waals surface area contributed by atoms with Crippen molar-refractivity contribution in [3.8, 4) is 0 Å². The summed E-state index contributed by atoms with van der Waals surface area (Å²) in [6.07, 6.45) is 8.32. The van der Waals surface area contributed by atoms with Gasteiger partial charge in [0.05, 0.1) is 5.92 Å². The number of fused-ring (bicyclic) bond motifs is 2. The summed E-state index contributed by atoms with van der Waals surface area (Å²) in [4.78, 5) is 12.8. The molecule has 3 unspecified atom stereocenters. The highest BCUT2D eigenvalue weighted by molar-refractivity contribution is 5.74. The highest BCUT2D eigenvalue weighted by Crippen LogP contribution is 2.45. The monoisotopic (exact) mass is 297 g/mol. The third-order valence-corrected chi connectivity index (χ3v) is 5.59. The molecule has 3 aliphatic rings. The van der Waals surface area contributed by atoms with Crippen molar-refractivity contribution in [2.75, 3.05) is 13.1 Å².